The van der Waals surface area contributed by atoms with E-state index in [-0.39, 0.29) is 17.5 Å². The second kappa shape index (κ2) is 8.50. The minimum Gasteiger partial charge on any atom is -0.382 e. The predicted molar refractivity (Wildman–Crippen MR) is 121 cm³/mol. The van der Waals surface area contributed by atoms with Crippen molar-refractivity contribution < 1.29 is 21.6 Å². The number of alkyl halides is 3. The lowest BCUT2D eigenvalue weighted by Gasteiger charge is -2.39. The van der Waals surface area contributed by atoms with Crippen molar-refractivity contribution >= 4 is 49.0 Å². The second-order valence-corrected chi connectivity index (χ2v) is 11.7. The van der Waals surface area contributed by atoms with E-state index in [1.807, 2.05) is 34.7 Å². The van der Waals surface area contributed by atoms with Crippen LogP contribution >= 0.6 is 22.6 Å². The molecule has 1 N–H and O–H groups in total. The minimum atomic E-state index is -4.26. The highest BCUT2D eigenvalue weighted by Crippen LogP contribution is 2.33. The summed E-state index contributed by atoms with van der Waals surface area (Å²) in [5.41, 5.74) is 1.46. The molecule has 30 heavy (non-hydrogen) atoms. The van der Waals surface area contributed by atoms with Gasteiger partial charge in [-0.2, -0.15) is 13.2 Å². The van der Waals surface area contributed by atoms with Gasteiger partial charge in [0, 0.05) is 36.2 Å². The van der Waals surface area contributed by atoms with Crippen molar-refractivity contribution in [2.75, 3.05) is 29.9 Å². The van der Waals surface area contributed by atoms with Gasteiger partial charge in [-0.1, -0.05) is 6.07 Å². The van der Waals surface area contributed by atoms with E-state index < -0.39 is 22.6 Å². The van der Waals surface area contributed by atoms with Crippen LogP contribution in [0.2, 0.25) is 0 Å². The molecule has 0 bridgehead atoms. The zero-order chi connectivity index (χ0) is 21.5. The molecule has 0 atom stereocenters. The van der Waals surface area contributed by atoms with Crippen molar-refractivity contribution in [3.8, 4) is 0 Å². The first-order chi connectivity index (χ1) is 14.1. The Morgan fingerprint density at radius 1 is 1.10 bits per heavy atom. The van der Waals surface area contributed by atoms with Crippen LogP contribution in [-0.2, 0) is 16.4 Å². The number of fused-ring (bicyclic) bond motifs is 1. The van der Waals surface area contributed by atoms with E-state index in [0.717, 1.165) is 36.8 Å². The normalized spacial score (nSPS) is 25.5. The average molecular weight is 555 g/mol. The quantitative estimate of drug-likeness (QED) is 0.574. The van der Waals surface area contributed by atoms with E-state index in [9.17, 15) is 21.6 Å². The fraction of sp³-hybridized carbons (Fsp3) is 0.600. The molecule has 2 fully saturated rings. The van der Waals surface area contributed by atoms with Crippen LogP contribution in [0.1, 0.15) is 25.7 Å². The summed E-state index contributed by atoms with van der Waals surface area (Å²) in [6, 6.07) is 7.96. The molecule has 1 aromatic carbocycles. The Morgan fingerprint density at radius 3 is 2.40 bits per heavy atom. The van der Waals surface area contributed by atoms with E-state index in [1.54, 1.807) is 12.1 Å². The van der Waals surface area contributed by atoms with E-state index >= 15 is 0 Å². The smallest absolute Gasteiger partial charge is 0.382 e. The van der Waals surface area contributed by atoms with Crippen LogP contribution < -0.4 is 5.32 Å². The maximum absolute atomic E-state index is 13.0. The van der Waals surface area contributed by atoms with Crippen LogP contribution in [0, 0.1) is 3.70 Å². The van der Waals surface area contributed by atoms with Crippen LogP contribution in [0.4, 0.5) is 18.9 Å². The molecule has 2 aromatic rings. The first-order valence-corrected chi connectivity index (χ1v) is 13.1. The number of halogens is 4. The highest BCUT2D eigenvalue weighted by molar-refractivity contribution is 14.1. The lowest BCUT2D eigenvalue weighted by molar-refractivity contribution is -0.140. The molecule has 0 unspecified atom stereocenters. The maximum Gasteiger partial charge on any atom is 0.406 e. The van der Waals surface area contributed by atoms with Gasteiger partial charge in [-0.25, -0.2) is 8.42 Å². The molecule has 1 aliphatic heterocycles. The van der Waals surface area contributed by atoms with Crippen molar-refractivity contribution in [3.05, 3.63) is 28.0 Å². The SMILES string of the molecule is O=S1(=O)CCN(C2CCC(Nc3cccc4c3cc(I)n4CC(F)(F)F)CC2)CC1. The van der Waals surface area contributed by atoms with Crippen molar-refractivity contribution in [1.82, 2.24) is 9.47 Å². The number of nitrogens with one attached hydrogen (secondary N) is 1. The third-order valence-corrected chi connectivity index (χ3v) is 8.69. The van der Waals surface area contributed by atoms with Gasteiger partial charge in [0.05, 0.1) is 20.7 Å². The molecule has 2 aliphatic rings. The van der Waals surface area contributed by atoms with Gasteiger partial charge in [-0.3, -0.25) is 4.90 Å². The molecule has 0 spiro atoms. The van der Waals surface area contributed by atoms with Crippen molar-refractivity contribution in [1.29, 1.82) is 0 Å². The Bertz CT molecular complexity index is 1000. The highest BCUT2D eigenvalue weighted by atomic mass is 127. The molecule has 0 radical (unpaired) electrons. The average Bonchev–Trinajstić information content (AvgIpc) is 2.98. The fourth-order valence-electron chi connectivity index (χ4n) is 4.61. The molecule has 5 nitrogen and oxygen atoms in total. The Labute approximate surface area is 188 Å². The number of aromatic nitrogens is 1. The molecule has 1 saturated carbocycles. The minimum absolute atomic E-state index is 0.251. The largest absolute Gasteiger partial charge is 0.406 e. The molecule has 10 heteroatoms. The summed E-state index contributed by atoms with van der Waals surface area (Å²) in [5.74, 6) is 0.501. The van der Waals surface area contributed by atoms with Crippen LogP contribution in [-0.4, -0.2) is 60.7 Å². The Kier molecular flexibility index (Phi) is 6.28. The Balaban J connectivity index is 1.41. The summed E-state index contributed by atoms with van der Waals surface area (Å²) in [4.78, 5) is 2.30. The number of anilines is 1. The van der Waals surface area contributed by atoms with Crippen LogP contribution in [0.15, 0.2) is 24.3 Å². The van der Waals surface area contributed by atoms with Gasteiger partial charge in [0.25, 0.3) is 0 Å². The zero-order valence-electron chi connectivity index (χ0n) is 16.5. The number of rotatable bonds is 4. The molecule has 1 saturated heterocycles. The Morgan fingerprint density at radius 2 is 1.77 bits per heavy atom. The number of benzene rings is 1. The number of nitrogens with zero attached hydrogens (tertiary/aromatic N) is 2. The summed E-state index contributed by atoms with van der Waals surface area (Å²) >= 11 is 1.96. The second-order valence-electron chi connectivity index (χ2n) is 8.24. The predicted octanol–water partition coefficient (Wildman–Crippen LogP) is 4.26. The number of sulfone groups is 1. The molecule has 0 amide bonds. The maximum atomic E-state index is 13.0. The lowest BCUT2D eigenvalue weighted by Crippen LogP contribution is -2.48. The zero-order valence-corrected chi connectivity index (χ0v) is 19.4. The van der Waals surface area contributed by atoms with Gasteiger partial charge in [0.2, 0.25) is 0 Å². The van der Waals surface area contributed by atoms with Gasteiger partial charge in [-0.05, 0) is 66.5 Å². The third-order valence-electron chi connectivity index (χ3n) is 6.18. The molecule has 1 aliphatic carbocycles. The molecule has 4 rings (SSSR count). The van der Waals surface area contributed by atoms with Crippen LogP contribution in [0.5, 0.6) is 0 Å². The Hall–Kier alpha value is -1.01. The number of hydrogen-bond donors (Lipinski definition) is 1. The van der Waals surface area contributed by atoms with Gasteiger partial charge >= 0.3 is 6.18 Å². The molecule has 2 heterocycles. The summed E-state index contributed by atoms with van der Waals surface area (Å²) in [6.07, 6.45) is -0.336. The van der Waals surface area contributed by atoms with E-state index in [0.29, 0.717) is 28.3 Å². The first kappa shape index (κ1) is 22.2. The molecule has 166 valence electrons. The third kappa shape index (κ3) is 5.07. The first-order valence-electron chi connectivity index (χ1n) is 10.2. The standard InChI is InChI=1S/C20H25F3IN3O2S/c21-20(22,23)13-27-18-3-1-2-17(16(18)12-19(27)24)25-14-4-6-15(7-5-14)26-8-10-30(28,29)11-9-26/h1-3,12,14-15,25H,4-11,13H2. The summed E-state index contributed by atoms with van der Waals surface area (Å²) in [6.45, 7) is 0.250. The van der Waals surface area contributed by atoms with Gasteiger partial charge < -0.3 is 9.88 Å². The molecule has 1 aromatic heterocycles. The van der Waals surface area contributed by atoms with Gasteiger partial charge in [-0.15, -0.1) is 0 Å². The van der Waals surface area contributed by atoms with Crippen LogP contribution in [0.3, 0.4) is 0 Å². The molecular formula is C20H25F3IN3O2S. The molecular weight excluding hydrogens is 530 g/mol. The van der Waals surface area contributed by atoms with Crippen LogP contribution in [0.25, 0.3) is 10.9 Å². The lowest BCUT2D eigenvalue weighted by atomic mass is 9.90. The summed E-state index contributed by atoms with van der Waals surface area (Å²) < 4.78 is 64.0. The van der Waals surface area contributed by atoms with Crippen molar-refractivity contribution in [3.63, 3.8) is 0 Å². The fourth-order valence-corrected chi connectivity index (χ4v) is 6.59. The van der Waals surface area contributed by atoms with Crippen molar-refractivity contribution in [2.24, 2.45) is 0 Å². The van der Waals surface area contributed by atoms with Crippen molar-refractivity contribution in [2.45, 2.75) is 50.5 Å². The summed E-state index contributed by atoms with van der Waals surface area (Å²) in [5, 5.41) is 4.37. The van der Waals surface area contributed by atoms with E-state index in [4.69, 9.17) is 0 Å². The highest BCUT2D eigenvalue weighted by Gasteiger charge is 2.31. The van der Waals surface area contributed by atoms with E-state index in [2.05, 4.69) is 10.2 Å². The van der Waals surface area contributed by atoms with E-state index in [1.165, 1.54) is 4.57 Å². The monoisotopic (exact) mass is 555 g/mol. The van der Waals surface area contributed by atoms with Gasteiger partial charge in [0.15, 0.2) is 9.84 Å². The topological polar surface area (TPSA) is 54.3 Å². The number of hydrogen-bond acceptors (Lipinski definition) is 4. The van der Waals surface area contributed by atoms with Gasteiger partial charge in [0.1, 0.15) is 6.54 Å². The summed E-state index contributed by atoms with van der Waals surface area (Å²) in [7, 11) is -2.87.